The first-order chi connectivity index (χ1) is 9.16. The molecule has 106 valence electrons. The zero-order chi connectivity index (χ0) is 13.3. The summed E-state index contributed by atoms with van der Waals surface area (Å²) in [7, 11) is 0. The van der Waals surface area contributed by atoms with Gasteiger partial charge in [0.1, 0.15) is 0 Å². The third-order valence-electron chi connectivity index (χ3n) is 5.11. The van der Waals surface area contributed by atoms with E-state index in [0.717, 1.165) is 6.54 Å². The van der Waals surface area contributed by atoms with E-state index in [1.165, 1.54) is 50.8 Å². The molecule has 3 rings (SSSR count). The Hall–Kier alpha value is -0.830. The van der Waals surface area contributed by atoms with Gasteiger partial charge in [-0.2, -0.15) is 0 Å². The van der Waals surface area contributed by atoms with Crippen molar-refractivity contribution in [1.29, 1.82) is 0 Å². The molecule has 0 bridgehead atoms. The van der Waals surface area contributed by atoms with Gasteiger partial charge in [0.15, 0.2) is 0 Å². The summed E-state index contributed by atoms with van der Waals surface area (Å²) in [5, 5.41) is 3.53. The molecule has 1 saturated carbocycles. The molecule has 1 aromatic rings. The maximum absolute atomic E-state index is 4.44. The van der Waals surface area contributed by atoms with Gasteiger partial charge >= 0.3 is 0 Å². The molecule has 1 aromatic heterocycles. The minimum absolute atomic E-state index is 0.545. The Morgan fingerprint density at radius 3 is 2.74 bits per heavy atom. The van der Waals surface area contributed by atoms with Crippen molar-refractivity contribution in [3.63, 3.8) is 0 Å². The molecule has 19 heavy (non-hydrogen) atoms. The van der Waals surface area contributed by atoms with E-state index in [9.17, 15) is 0 Å². The van der Waals surface area contributed by atoms with Gasteiger partial charge in [-0.3, -0.25) is 0 Å². The summed E-state index contributed by atoms with van der Waals surface area (Å²) >= 11 is 0. The molecule has 1 saturated heterocycles. The summed E-state index contributed by atoms with van der Waals surface area (Å²) in [4.78, 5) is 4.44. The predicted molar refractivity (Wildman–Crippen MR) is 78.4 cm³/mol. The number of imidazole rings is 1. The van der Waals surface area contributed by atoms with Gasteiger partial charge in [-0.15, -0.1) is 0 Å². The van der Waals surface area contributed by atoms with Crippen molar-refractivity contribution < 1.29 is 0 Å². The van der Waals surface area contributed by atoms with Gasteiger partial charge in [-0.05, 0) is 50.5 Å². The molecule has 0 radical (unpaired) electrons. The van der Waals surface area contributed by atoms with Crippen molar-refractivity contribution >= 4 is 0 Å². The van der Waals surface area contributed by atoms with Crippen molar-refractivity contribution in [2.45, 2.75) is 64.3 Å². The summed E-state index contributed by atoms with van der Waals surface area (Å²) in [6, 6.07) is 0.687. The van der Waals surface area contributed by atoms with E-state index in [1.54, 1.807) is 0 Å². The Kier molecular flexibility index (Phi) is 3.66. The van der Waals surface area contributed by atoms with E-state index in [2.05, 4.69) is 41.2 Å². The Labute approximate surface area is 116 Å². The van der Waals surface area contributed by atoms with E-state index < -0.39 is 0 Å². The fraction of sp³-hybridized carbons (Fsp3) is 0.812. The first kappa shape index (κ1) is 13.2. The van der Waals surface area contributed by atoms with Gasteiger partial charge in [0, 0.05) is 30.4 Å². The fourth-order valence-corrected chi connectivity index (χ4v) is 3.70. The normalized spacial score (nSPS) is 28.4. The number of rotatable bonds is 2. The lowest BCUT2D eigenvalue weighted by molar-refractivity contribution is 0.190. The molecule has 1 N–H and O–H groups in total. The Morgan fingerprint density at radius 1 is 1.26 bits per heavy atom. The van der Waals surface area contributed by atoms with Crippen LogP contribution in [0.2, 0.25) is 0 Å². The van der Waals surface area contributed by atoms with Gasteiger partial charge in [0.25, 0.3) is 0 Å². The average molecular weight is 261 g/mol. The van der Waals surface area contributed by atoms with Crippen LogP contribution in [0.25, 0.3) is 0 Å². The highest BCUT2D eigenvalue weighted by Gasteiger charge is 2.29. The van der Waals surface area contributed by atoms with Crippen molar-refractivity contribution in [3.05, 3.63) is 18.2 Å². The van der Waals surface area contributed by atoms with Crippen LogP contribution in [-0.2, 0) is 0 Å². The fourth-order valence-electron chi connectivity index (χ4n) is 3.70. The maximum atomic E-state index is 4.44. The van der Waals surface area contributed by atoms with Crippen LogP contribution in [0.15, 0.2) is 12.5 Å². The molecule has 1 aliphatic carbocycles. The van der Waals surface area contributed by atoms with Gasteiger partial charge in [0.2, 0.25) is 0 Å². The lowest BCUT2D eigenvalue weighted by Gasteiger charge is -2.36. The third-order valence-corrected chi connectivity index (χ3v) is 5.11. The molecular formula is C16H27N3. The van der Waals surface area contributed by atoms with Crippen LogP contribution < -0.4 is 5.32 Å². The summed E-state index contributed by atoms with van der Waals surface area (Å²) in [5.74, 6) is 0.672. The second-order valence-corrected chi connectivity index (χ2v) is 7.16. The standard InChI is InChI=1S/C16H27N3/c1-16(2)7-5-14(6-8-16)19-12-18-11-15(19)13-4-3-9-17-10-13/h11-14,17H,3-10H2,1-2H3. The van der Waals surface area contributed by atoms with Crippen LogP contribution in [0.1, 0.15) is 70.0 Å². The summed E-state index contributed by atoms with van der Waals surface area (Å²) < 4.78 is 2.49. The number of nitrogens with one attached hydrogen (secondary N) is 1. The third kappa shape index (κ3) is 2.86. The zero-order valence-electron chi connectivity index (χ0n) is 12.4. The number of nitrogens with zero attached hydrogens (tertiary/aromatic N) is 2. The molecule has 0 aromatic carbocycles. The Morgan fingerprint density at radius 2 is 2.05 bits per heavy atom. The zero-order valence-corrected chi connectivity index (χ0v) is 12.4. The lowest BCUT2D eigenvalue weighted by Crippen LogP contribution is -2.31. The van der Waals surface area contributed by atoms with Crippen LogP contribution in [0.3, 0.4) is 0 Å². The number of aromatic nitrogens is 2. The van der Waals surface area contributed by atoms with E-state index in [4.69, 9.17) is 0 Å². The smallest absolute Gasteiger partial charge is 0.0950 e. The van der Waals surface area contributed by atoms with Crippen molar-refractivity contribution in [2.75, 3.05) is 13.1 Å². The van der Waals surface area contributed by atoms with E-state index >= 15 is 0 Å². The average Bonchev–Trinajstić information content (AvgIpc) is 2.89. The number of piperidine rings is 1. The minimum atomic E-state index is 0.545. The van der Waals surface area contributed by atoms with Crippen LogP contribution in [0, 0.1) is 5.41 Å². The largest absolute Gasteiger partial charge is 0.331 e. The highest BCUT2D eigenvalue weighted by molar-refractivity contribution is 5.10. The highest BCUT2D eigenvalue weighted by atomic mass is 15.1. The topological polar surface area (TPSA) is 29.9 Å². The molecule has 1 atom stereocenters. The molecule has 1 aliphatic heterocycles. The molecule has 2 heterocycles. The minimum Gasteiger partial charge on any atom is -0.331 e. The van der Waals surface area contributed by atoms with Crippen LogP contribution >= 0.6 is 0 Å². The van der Waals surface area contributed by atoms with Gasteiger partial charge in [0.05, 0.1) is 6.33 Å². The van der Waals surface area contributed by atoms with E-state index in [1.807, 2.05) is 0 Å². The first-order valence-electron chi connectivity index (χ1n) is 7.88. The van der Waals surface area contributed by atoms with E-state index in [0.29, 0.717) is 17.4 Å². The van der Waals surface area contributed by atoms with Crippen LogP contribution in [0.4, 0.5) is 0 Å². The Bertz CT molecular complexity index is 405. The lowest BCUT2D eigenvalue weighted by atomic mass is 9.75. The van der Waals surface area contributed by atoms with Crippen molar-refractivity contribution in [3.8, 4) is 0 Å². The molecular weight excluding hydrogens is 234 g/mol. The molecule has 3 heteroatoms. The first-order valence-corrected chi connectivity index (χ1v) is 7.88. The molecule has 0 amide bonds. The predicted octanol–water partition coefficient (Wildman–Crippen LogP) is 3.49. The second kappa shape index (κ2) is 5.28. The van der Waals surface area contributed by atoms with Gasteiger partial charge in [-0.25, -0.2) is 4.98 Å². The van der Waals surface area contributed by atoms with Gasteiger partial charge < -0.3 is 9.88 Å². The van der Waals surface area contributed by atoms with Crippen molar-refractivity contribution in [2.24, 2.45) is 5.41 Å². The van der Waals surface area contributed by atoms with Crippen molar-refractivity contribution in [1.82, 2.24) is 14.9 Å². The molecule has 2 aliphatic rings. The summed E-state index contributed by atoms with van der Waals surface area (Å²) in [6.07, 6.45) is 12.1. The molecule has 2 fully saturated rings. The Balaban J connectivity index is 1.73. The van der Waals surface area contributed by atoms with E-state index in [-0.39, 0.29) is 0 Å². The number of hydrogen-bond acceptors (Lipinski definition) is 2. The second-order valence-electron chi connectivity index (χ2n) is 7.16. The summed E-state index contributed by atoms with van der Waals surface area (Å²) in [6.45, 7) is 7.12. The van der Waals surface area contributed by atoms with Crippen LogP contribution in [0.5, 0.6) is 0 Å². The SMILES string of the molecule is CC1(C)CCC(n2cncc2C2CCCNC2)CC1. The molecule has 1 unspecified atom stereocenters. The maximum Gasteiger partial charge on any atom is 0.0950 e. The quantitative estimate of drug-likeness (QED) is 0.883. The number of hydrogen-bond donors (Lipinski definition) is 1. The highest BCUT2D eigenvalue weighted by Crippen LogP contribution is 2.41. The monoisotopic (exact) mass is 261 g/mol. The van der Waals surface area contributed by atoms with Crippen LogP contribution in [-0.4, -0.2) is 22.6 Å². The van der Waals surface area contributed by atoms with Gasteiger partial charge in [-0.1, -0.05) is 13.8 Å². The molecule has 0 spiro atoms. The summed E-state index contributed by atoms with van der Waals surface area (Å²) in [5.41, 5.74) is 2.01. The molecule has 3 nitrogen and oxygen atoms in total.